The van der Waals surface area contributed by atoms with E-state index in [1.54, 1.807) is 12.1 Å². The Morgan fingerprint density at radius 3 is 2.47 bits per heavy atom. The minimum absolute atomic E-state index is 0.0407. The molecule has 7 heteroatoms. The van der Waals surface area contributed by atoms with Crippen molar-refractivity contribution < 1.29 is 14.2 Å². The molecule has 36 heavy (non-hydrogen) atoms. The summed E-state index contributed by atoms with van der Waals surface area (Å²) in [7, 11) is 1.09. The van der Waals surface area contributed by atoms with Crippen LogP contribution in [0.25, 0.3) is 22.0 Å². The Morgan fingerprint density at radius 1 is 1.06 bits per heavy atom. The summed E-state index contributed by atoms with van der Waals surface area (Å²) >= 11 is 0. The number of rotatable bonds is 5. The van der Waals surface area contributed by atoms with E-state index in [2.05, 4.69) is 34.5 Å². The first-order valence-corrected chi connectivity index (χ1v) is 14.8. The second-order valence-electron chi connectivity index (χ2n) is 9.80. The normalized spacial score (nSPS) is 16.8. The second-order valence-corrected chi connectivity index (χ2v) is 14.2. The van der Waals surface area contributed by atoms with Crippen molar-refractivity contribution in [3.8, 4) is 22.8 Å². The molecule has 1 aromatic heterocycles. The van der Waals surface area contributed by atoms with E-state index in [-0.39, 0.29) is 11.7 Å². The van der Waals surface area contributed by atoms with Crippen LogP contribution < -0.4 is 9.64 Å². The van der Waals surface area contributed by atoms with Crippen molar-refractivity contribution in [2.24, 2.45) is 4.99 Å². The van der Waals surface area contributed by atoms with E-state index in [1.165, 1.54) is 30.4 Å². The molecule has 0 bridgehead atoms. The molecule has 0 spiro atoms. The molecule has 1 fully saturated rings. The van der Waals surface area contributed by atoms with Crippen LogP contribution in [0.15, 0.2) is 65.7 Å². The number of nitrogens with one attached hydrogen (secondary N) is 1. The molecule has 4 aromatic rings. The minimum atomic E-state index is -0.440. The molecule has 1 saturated heterocycles. The number of anilines is 1. The van der Waals surface area contributed by atoms with E-state index in [0.29, 0.717) is 28.2 Å². The molecule has 1 aliphatic heterocycles. The molecule has 0 radical (unpaired) electrons. The molecule has 0 amide bonds. The number of aromatic nitrogens is 1. The molecule has 0 unspecified atom stereocenters. The van der Waals surface area contributed by atoms with Gasteiger partial charge in [0.1, 0.15) is 11.6 Å². The van der Waals surface area contributed by atoms with Crippen molar-refractivity contribution in [1.29, 1.82) is 0 Å². The zero-order valence-electron chi connectivity index (χ0n) is 21.1. The third-order valence-corrected chi connectivity index (χ3v) is 9.54. The average molecular weight is 506 g/mol. The number of methoxy groups -OCH3 is 1. The summed E-state index contributed by atoms with van der Waals surface area (Å²) in [5.74, 6) is 2.68. The molecule has 0 atom stereocenters. The summed E-state index contributed by atoms with van der Waals surface area (Å²) in [6, 6.07) is 18.6. The number of aliphatic imine (C=N–C) groups is 1. The first-order valence-electron chi connectivity index (χ1n) is 12.0. The molecule has 188 valence electrons. The highest BCUT2D eigenvalue weighted by atomic mass is 32.3. The van der Waals surface area contributed by atoms with Gasteiger partial charge < -0.3 is 19.7 Å². The summed E-state index contributed by atoms with van der Waals surface area (Å²) in [4.78, 5) is 10.3. The van der Waals surface area contributed by atoms with E-state index in [1.807, 2.05) is 37.3 Å². The summed E-state index contributed by atoms with van der Waals surface area (Å²) in [6.07, 6.45) is 4.84. The Balaban J connectivity index is 1.46. The topological polar surface area (TPSA) is 60.9 Å². The van der Waals surface area contributed by atoms with Crippen LogP contribution in [0, 0.1) is 5.82 Å². The van der Waals surface area contributed by atoms with Crippen LogP contribution in [0.2, 0.25) is 0 Å². The molecule has 1 aliphatic rings. The number of halogens is 1. The van der Waals surface area contributed by atoms with Gasteiger partial charge in [0.25, 0.3) is 0 Å². The van der Waals surface area contributed by atoms with Gasteiger partial charge in [-0.05, 0) is 85.0 Å². The van der Waals surface area contributed by atoms with Gasteiger partial charge in [-0.3, -0.25) is 4.99 Å². The summed E-state index contributed by atoms with van der Waals surface area (Å²) in [5.41, 5.74) is 5.13. The quantitative estimate of drug-likeness (QED) is 0.296. The predicted molar refractivity (Wildman–Crippen MR) is 152 cm³/mol. The van der Waals surface area contributed by atoms with E-state index >= 15 is 0 Å². The Labute approximate surface area is 213 Å². The summed E-state index contributed by atoms with van der Waals surface area (Å²) < 4.78 is 20.1. The largest absolute Gasteiger partial charge is 0.496 e. The lowest BCUT2D eigenvalue weighted by molar-refractivity contribution is 0.413. The van der Waals surface area contributed by atoms with Gasteiger partial charge in [0, 0.05) is 29.7 Å². The van der Waals surface area contributed by atoms with Gasteiger partial charge in [-0.2, -0.15) is 0 Å². The average Bonchev–Trinajstić information content (AvgIpc) is 3.19. The fourth-order valence-corrected chi connectivity index (χ4v) is 6.46. The monoisotopic (exact) mass is 505 g/mol. The molecule has 5 rings (SSSR count). The Morgan fingerprint density at radius 2 is 1.78 bits per heavy atom. The lowest BCUT2D eigenvalue weighted by Gasteiger charge is -2.42. The van der Waals surface area contributed by atoms with Crippen molar-refractivity contribution >= 4 is 38.0 Å². The molecular formula is C29H32FN3O2S. The number of H-pyrrole nitrogens is 1. The highest BCUT2D eigenvalue weighted by molar-refractivity contribution is 8.32. The summed E-state index contributed by atoms with van der Waals surface area (Å²) in [5, 5.41) is 11.5. The number of benzene rings is 3. The Bertz CT molecular complexity index is 1430. The van der Waals surface area contributed by atoms with Crippen LogP contribution in [0.1, 0.15) is 12.5 Å². The Kier molecular flexibility index (Phi) is 6.43. The van der Waals surface area contributed by atoms with Crippen LogP contribution in [-0.2, 0) is 0 Å². The van der Waals surface area contributed by atoms with E-state index < -0.39 is 10.0 Å². The predicted octanol–water partition coefficient (Wildman–Crippen LogP) is 6.71. The molecule has 0 saturated carbocycles. The van der Waals surface area contributed by atoms with Crippen LogP contribution in [0.4, 0.5) is 15.8 Å². The molecule has 2 N–H and O–H groups in total. The lowest BCUT2D eigenvalue weighted by Crippen LogP contribution is -2.37. The maximum Gasteiger partial charge on any atom is 0.198 e. The molecule has 3 aromatic carbocycles. The van der Waals surface area contributed by atoms with Crippen molar-refractivity contribution in [3.05, 3.63) is 72.0 Å². The van der Waals surface area contributed by atoms with E-state index in [4.69, 9.17) is 9.73 Å². The van der Waals surface area contributed by atoms with Crippen molar-refractivity contribution in [2.45, 2.75) is 6.92 Å². The number of nitrogens with zero attached hydrogens (tertiary/aromatic N) is 2. The smallest absolute Gasteiger partial charge is 0.198 e. The lowest BCUT2D eigenvalue weighted by atomic mass is 10.00. The standard InChI is InChI=1S/C29H32FN3O2S/c1-19(31-21-9-11-22(12-10-21)33-14-16-36(3,4)17-15-33)27-23-18-20(8-13-25(23)32-29(27)34)28-24(30)6-5-7-26(28)35-2/h5-13,18,32,34H,14-17H2,1-4H3. The van der Waals surface area contributed by atoms with E-state index in [9.17, 15) is 9.50 Å². The van der Waals surface area contributed by atoms with Gasteiger partial charge >= 0.3 is 0 Å². The fourth-order valence-electron chi connectivity index (χ4n) is 4.83. The van der Waals surface area contributed by atoms with Crippen molar-refractivity contribution in [3.63, 3.8) is 0 Å². The van der Waals surface area contributed by atoms with Gasteiger partial charge in [-0.1, -0.05) is 12.1 Å². The van der Waals surface area contributed by atoms with Gasteiger partial charge in [0.05, 0.1) is 29.6 Å². The SMILES string of the molecule is COc1cccc(F)c1-c1ccc2[nH]c(O)c(C(C)=Nc3ccc(N4CCS(C)(C)CC4)cc3)c2c1. The van der Waals surface area contributed by atoms with Crippen LogP contribution in [0.3, 0.4) is 0 Å². The van der Waals surface area contributed by atoms with Gasteiger partial charge in [-0.15, -0.1) is 0 Å². The third kappa shape index (κ3) is 4.67. The third-order valence-electron chi connectivity index (χ3n) is 6.96. The molecule has 5 nitrogen and oxygen atoms in total. The van der Waals surface area contributed by atoms with E-state index in [0.717, 1.165) is 29.7 Å². The Hall–Kier alpha value is -3.45. The van der Waals surface area contributed by atoms with Crippen molar-refractivity contribution in [2.75, 3.05) is 49.1 Å². The van der Waals surface area contributed by atoms with Gasteiger partial charge in [0.2, 0.25) is 0 Å². The first kappa shape index (κ1) is 24.3. The van der Waals surface area contributed by atoms with Crippen molar-refractivity contribution in [1.82, 2.24) is 4.98 Å². The zero-order chi connectivity index (χ0) is 25.4. The molecular weight excluding hydrogens is 473 g/mol. The number of aromatic amines is 1. The second kappa shape index (κ2) is 9.54. The number of hydrogen-bond donors (Lipinski definition) is 2. The fraction of sp³-hybridized carbons (Fsp3) is 0.276. The molecule has 2 heterocycles. The van der Waals surface area contributed by atoms with Gasteiger partial charge in [0.15, 0.2) is 5.88 Å². The highest BCUT2D eigenvalue weighted by Gasteiger charge is 2.21. The molecule has 0 aliphatic carbocycles. The summed E-state index contributed by atoms with van der Waals surface area (Å²) in [6.45, 7) is 4.08. The maximum absolute atomic E-state index is 14.7. The number of aromatic hydroxyl groups is 1. The van der Waals surface area contributed by atoms with Gasteiger partial charge in [-0.25, -0.2) is 14.4 Å². The van der Waals surface area contributed by atoms with Crippen LogP contribution >= 0.6 is 10.0 Å². The highest BCUT2D eigenvalue weighted by Crippen LogP contribution is 2.42. The zero-order valence-corrected chi connectivity index (χ0v) is 22.0. The first-order chi connectivity index (χ1) is 17.3. The number of fused-ring (bicyclic) bond motifs is 1. The number of hydrogen-bond acceptors (Lipinski definition) is 4. The minimum Gasteiger partial charge on any atom is -0.496 e. The van der Waals surface area contributed by atoms with Crippen LogP contribution in [-0.4, -0.2) is 60.0 Å². The maximum atomic E-state index is 14.7. The number of ether oxygens (including phenoxy) is 1. The van der Waals surface area contributed by atoms with Crippen LogP contribution in [0.5, 0.6) is 11.6 Å².